The largest absolute Gasteiger partial charge is 0.481 e. The second kappa shape index (κ2) is 7.42. The van der Waals surface area contributed by atoms with Gasteiger partial charge in [-0.25, -0.2) is 14.1 Å². The third kappa shape index (κ3) is 4.20. The quantitative estimate of drug-likeness (QED) is 0.801. The molecular weight excluding hydrogens is 327 g/mol. The Bertz CT molecular complexity index is 767. The molecule has 7 nitrogen and oxygen atoms in total. The fraction of sp³-hybridized carbons (Fsp3) is 0.412. The van der Waals surface area contributed by atoms with E-state index in [1.807, 2.05) is 13.8 Å². The molecular formula is C17H21FN4O3. The van der Waals surface area contributed by atoms with Gasteiger partial charge in [0.1, 0.15) is 11.6 Å². The van der Waals surface area contributed by atoms with Crippen molar-refractivity contribution in [2.75, 3.05) is 0 Å². The van der Waals surface area contributed by atoms with Crippen LogP contribution in [-0.4, -0.2) is 37.3 Å². The molecule has 1 aromatic heterocycles. The minimum Gasteiger partial charge on any atom is -0.481 e. The normalized spacial score (nSPS) is 11.4. The van der Waals surface area contributed by atoms with Crippen LogP contribution in [0.2, 0.25) is 0 Å². The van der Waals surface area contributed by atoms with Crippen molar-refractivity contribution in [2.24, 2.45) is 0 Å². The maximum atomic E-state index is 13.0. The predicted octanol–water partition coefficient (Wildman–Crippen LogP) is 2.48. The van der Waals surface area contributed by atoms with E-state index >= 15 is 0 Å². The first-order chi connectivity index (χ1) is 11.8. The Morgan fingerprint density at radius 3 is 2.36 bits per heavy atom. The Balaban J connectivity index is 2.26. The van der Waals surface area contributed by atoms with E-state index in [9.17, 15) is 14.0 Å². The number of rotatable bonds is 7. The number of nitrogens with zero attached hydrogens (tertiary/aromatic N) is 3. The Labute approximate surface area is 144 Å². The van der Waals surface area contributed by atoms with Gasteiger partial charge in [0.25, 0.3) is 5.91 Å². The number of carboxylic acids is 1. The molecule has 1 aromatic carbocycles. The first-order valence-corrected chi connectivity index (χ1v) is 8.04. The minimum absolute atomic E-state index is 0.0570. The van der Waals surface area contributed by atoms with Crippen LogP contribution in [0.5, 0.6) is 0 Å². The molecule has 0 unspecified atom stereocenters. The Kier molecular flexibility index (Phi) is 5.51. The van der Waals surface area contributed by atoms with E-state index in [-0.39, 0.29) is 18.1 Å². The van der Waals surface area contributed by atoms with Crippen LogP contribution in [-0.2, 0) is 4.79 Å². The number of hydrogen-bond acceptors (Lipinski definition) is 4. The lowest BCUT2D eigenvalue weighted by molar-refractivity contribution is -0.138. The first kappa shape index (κ1) is 18.6. The molecule has 0 atom stereocenters. The molecule has 0 spiro atoms. The van der Waals surface area contributed by atoms with Crippen molar-refractivity contribution in [1.82, 2.24) is 20.1 Å². The molecule has 25 heavy (non-hydrogen) atoms. The van der Waals surface area contributed by atoms with E-state index in [1.165, 1.54) is 28.9 Å². The van der Waals surface area contributed by atoms with Crippen LogP contribution in [0.1, 0.15) is 49.6 Å². The van der Waals surface area contributed by atoms with Crippen LogP contribution < -0.4 is 5.32 Å². The maximum absolute atomic E-state index is 13.0. The van der Waals surface area contributed by atoms with E-state index in [0.717, 1.165) is 0 Å². The summed E-state index contributed by atoms with van der Waals surface area (Å²) in [4.78, 5) is 27.8. The Morgan fingerprint density at radius 1 is 1.24 bits per heavy atom. The van der Waals surface area contributed by atoms with Crippen molar-refractivity contribution in [3.63, 3.8) is 0 Å². The monoisotopic (exact) mass is 348 g/mol. The molecule has 134 valence electrons. The number of benzene rings is 1. The van der Waals surface area contributed by atoms with E-state index in [4.69, 9.17) is 5.11 Å². The predicted molar refractivity (Wildman–Crippen MR) is 89.1 cm³/mol. The fourth-order valence-corrected chi connectivity index (χ4v) is 2.62. The average Bonchev–Trinajstić information content (AvgIpc) is 2.96. The van der Waals surface area contributed by atoms with Crippen LogP contribution in [0.15, 0.2) is 24.3 Å². The van der Waals surface area contributed by atoms with Crippen molar-refractivity contribution in [1.29, 1.82) is 0 Å². The summed E-state index contributed by atoms with van der Waals surface area (Å²) in [6.07, 6.45) is 0.766. The number of aliphatic carboxylic acids is 1. The van der Waals surface area contributed by atoms with E-state index in [2.05, 4.69) is 15.4 Å². The molecule has 1 amide bonds. The number of aromatic nitrogens is 3. The van der Waals surface area contributed by atoms with Gasteiger partial charge in [-0.15, -0.1) is 5.10 Å². The van der Waals surface area contributed by atoms with Crippen molar-refractivity contribution >= 4 is 11.9 Å². The zero-order valence-corrected chi connectivity index (χ0v) is 14.4. The van der Waals surface area contributed by atoms with Crippen LogP contribution >= 0.6 is 0 Å². The number of carboxylic acid groups (broad SMARTS) is 1. The number of carbonyl (C=O) groups is 2. The number of halogens is 1. The third-order valence-corrected chi connectivity index (χ3v) is 4.27. The van der Waals surface area contributed by atoms with Gasteiger partial charge in [0.05, 0.1) is 17.6 Å². The fourth-order valence-electron chi connectivity index (χ4n) is 2.62. The Hall–Kier alpha value is -2.77. The molecule has 0 radical (unpaired) electrons. The molecule has 0 bridgehead atoms. The topological polar surface area (TPSA) is 97.1 Å². The van der Waals surface area contributed by atoms with Crippen LogP contribution in [0, 0.1) is 12.7 Å². The lowest BCUT2D eigenvalue weighted by Gasteiger charge is -2.30. The van der Waals surface area contributed by atoms with Gasteiger partial charge in [0, 0.05) is 0 Å². The lowest BCUT2D eigenvalue weighted by atomic mass is 9.89. The van der Waals surface area contributed by atoms with E-state index < -0.39 is 17.4 Å². The summed E-state index contributed by atoms with van der Waals surface area (Å²) in [5.41, 5.74) is -0.272. The van der Waals surface area contributed by atoms with E-state index in [1.54, 1.807) is 6.92 Å². The number of hydrogen-bond donors (Lipinski definition) is 2. The first-order valence-electron chi connectivity index (χ1n) is 8.04. The van der Waals surface area contributed by atoms with Crippen molar-refractivity contribution < 1.29 is 19.1 Å². The molecule has 2 aromatic rings. The SMILES string of the molecule is CCC(CC)(CC(=O)O)NC(=O)c1nc(C)n(-c2ccc(F)cc2)n1. The molecule has 0 fully saturated rings. The molecule has 0 aliphatic heterocycles. The molecule has 1 heterocycles. The summed E-state index contributed by atoms with van der Waals surface area (Å²) in [6, 6.07) is 5.65. The van der Waals surface area contributed by atoms with Gasteiger partial charge in [0.15, 0.2) is 0 Å². The van der Waals surface area contributed by atoms with Gasteiger partial charge in [-0.3, -0.25) is 9.59 Å². The number of amides is 1. The third-order valence-electron chi connectivity index (χ3n) is 4.27. The summed E-state index contributed by atoms with van der Waals surface area (Å²) in [5, 5.41) is 16.0. The van der Waals surface area contributed by atoms with E-state index in [0.29, 0.717) is 24.4 Å². The highest BCUT2D eigenvalue weighted by Gasteiger charge is 2.32. The Morgan fingerprint density at radius 2 is 1.84 bits per heavy atom. The van der Waals surface area contributed by atoms with Crippen LogP contribution in [0.25, 0.3) is 5.69 Å². The zero-order valence-electron chi connectivity index (χ0n) is 14.4. The highest BCUT2D eigenvalue weighted by molar-refractivity contribution is 5.91. The van der Waals surface area contributed by atoms with Crippen molar-refractivity contribution in [3.8, 4) is 5.69 Å². The molecule has 8 heteroatoms. The molecule has 0 aliphatic carbocycles. The van der Waals surface area contributed by atoms with Gasteiger partial charge in [-0.05, 0) is 44.0 Å². The average molecular weight is 348 g/mol. The highest BCUT2D eigenvalue weighted by Crippen LogP contribution is 2.20. The molecule has 0 aliphatic rings. The van der Waals surface area contributed by atoms with Gasteiger partial charge >= 0.3 is 5.97 Å². The van der Waals surface area contributed by atoms with Gasteiger partial charge in [0.2, 0.25) is 5.82 Å². The molecule has 0 saturated carbocycles. The summed E-state index contributed by atoms with van der Waals surface area (Å²) in [5.74, 6) is -1.48. The van der Waals surface area contributed by atoms with Crippen LogP contribution in [0.3, 0.4) is 0 Å². The van der Waals surface area contributed by atoms with Crippen molar-refractivity contribution in [2.45, 2.75) is 45.6 Å². The molecule has 2 N–H and O–H groups in total. The highest BCUT2D eigenvalue weighted by atomic mass is 19.1. The standard InChI is InChI=1S/C17H21FN4O3/c1-4-17(5-2,10-14(23)24)20-16(25)15-19-11(3)22(21-15)13-8-6-12(18)7-9-13/h6-9H,4-5,10H2,1-3H3,(H,20,25)(H,23,24). The van der Waals surface area contributed by atoms with Crippen LogP contribution in [0.4, 0.5) is 4.39 Å². The zero-order chi connectivity index (χ0) is 18.6. The summed E-state index contributed by atoms with van der Waals surface area (Å²) in [6.45, 7) is 5.32. The molecule has 2 rings (SSSR count). The van der Waals surface area contributed by atoms with Gasteiger partial charge in [-0.1, -0.05) is 13.8 Å². The molecule has 0 saturated heterocycles. The number of aryl methyl sites for hydroxylation is 1. The van der Waals surface area contributed by atoms with Gasteiger partial charge in [-0.2, -0.15) is 0 Å². The number of carbonyl (C=O) groups excluding carboxylic acids is 1. The second-order valence-electron chi connectivity index (χ2n) is 5.88. The lowest BCUT2D eigenvalue weighted by Crippen LogP contribution is -2.49. The van der Waals surface area contributed by atoms with Gasteiger partial charge < -0.3 is 10.4 Å². The smallest absolute Gasteiger partial charge is 0.305 e. The maximum Gasteiger partial charge on any atom is 0.305 e. The second-order valence-corrected chi connectivity index (χ2v) is 5.88. The summed E-state index contributed by atoms with van der Waals surface area (Å²) >= 11 is 0. The summed E-state index contributed by atoms with van der Waals surface area (Å²) in [7, 11) is 0. The number of nitrogens with one attached hydrogen (secondary N) is 1. The van der Waals surface area contributed by atoms with Crippen molar-refractivity contribution in [3.05, 3.63) is 41.7 Å². The summed E-state index contributed by atoms with van der Waals surface area (Å²) < 4.78 is 14.5. The minimum atomic E-state index is -0.981.